The molecule has 59 heavy (non-hydrogen) atoms. The van der Waals surface area contributed by atoms with E-state index in [1.807, 2.05) is 63.5 Å². The standard InChI is InChI=1S/C45H56N8O5S/c1-31-42(59-29-48-31)33-13-14-34(27-47-44(54)58-45(2,3)4)39(25-33)53(35-15-16-35)19-8-24-56-36-17-11-32(12-18-36)28-51-20-22-52(23-21-51)40-26-38(49-50-43(40)46)37-9-6-7-10-41(37)57-30-55-5/h6-7,9-14,17-18,25-26,29,35H,8,15-16,19-24,27-28,30H2,1-5H3,(H2,46,50)(H,47,54). The Hall–Kier alpha value is -5.44. The number of nitrogens with zero attached hydrogens (tertiary/aromatic N) is 6. The van der Waals surface area contributed by atoms with E-state index in [0.717, 1.165) is 103 Å². The second-order valence-corrected chi connectivity index (χ2v) is 16.9. The third kappa shape index (κ3) is 11.2. The van der Waals surface area contributed by atoms with Gasteiger partial charge in [-0.2, -0.15) is 0 Å². The zero-order chi connectivity index (χ0) is 41.4. The van der Waals surface area contributed by atoms with Gasteiger partial charge in [-0.05, 0) is 100 Å². The van der Waals surface area contributed by atoms with Crippen LogP contribution in [0.5, 0.6) is 11.5 Å². The number of amides is 1. The largest absolute Gasteiger partial charge is 0.494 e. The van der Waals surface area contributed by atoms with E-state index in [2.05, 4.69) is 77.7 Å². The lowest BCUT2D eigenvalue weighted by atomic mass is 10.0. The van der Waals surface area contributed by atoms with Crippen molar-refractivity contribution in [3.8, 4) is 33.2 Å². The quantitative estimate of drug-likeness (QED) is 0.0696. The Kier molecular flexibility index (Phi) is 13.5. The summed E-state index contributed by atoms with van der Waals surface area (Å²) < 4.78 is 22.7. The Balaban J connectivity index is 0.915. The first-order valence-electron chi connectivity index (χ1n) is 20.3. The molecular weight excluding hydrogens is 765 g/mol. The Morgan fingerprint density at radius 3 is 2.47 bits per heavy atom. The molecule has 0 unspecified atom stereocenters. The maximum absolute atomic E-state index is 12.6. The lowest BCUT2D eigenvalue weighted by Crippen LogP contribution is -2.46. The van der Waals surface area contributed by atoms with Crippen LogP contribution in [0.15, 0.2) is 78.3 Å². The van der Waals surface area contributed by atoms with Crippen molar-refractivity contribution >= 4 is 34.6 Å². The van der Waals surface area contributed by atoms with Gasteiger partial charge in [0.15, 0.2) is 12.6 Å². The van der Waals surface area contributed by atoms with Crippen LogP contribution in [0.1, 0.15) is 56.9 Å². The number of anilines is 3. The smallest absolute Gasteiger partial charge is 0.407 e. The van der Waals surface area contributed by atoms with E-state index in [-0.39, 0.29) is 6.79 Å². The Bertz CT molecular complexity index is 2160. The molecule has 2 aliphatic rings. The number of nitrogens with one attached hydrogen (secondary N) is 1. The molecule has 3 aromatic carbocycles. The number of carbonyl (C=O) groups excluding carboxylic acids is 1. The van der Waals surface area contributed by atoms with Crippen molar-refractivity contribution in [2.24, 2.45) is 0 Å². The maximum atomic E-state index is 12.6. The minimum absolute atomic E-state index is 0.148. The molecular formula is C45H56N8O5S. The highest BCUT2D eigenvalue weighted by Crippen LogP contribution is 2.38. The lowest BCUT2D eigenvalue weighted by Gasteiger charge is -2.36. The van der Waals surface area contributed by atoms with Crippen molar-refractivity contribution in [2.45, 2.75) is 71.7 Å². The van der Waals surface area contributed by atoms with Crippen LogP contribution in [-0.4, -0.2) is 91.1 Å². The Morgan fingerprint density at radius 1 is 0.983 bits per heavy atom. The lowest BCUT2D eigenvalue weighted by molar-refractivity contribution is 0.0513. The number of carbonyl (C=O) groups is 1. The minimum atomic E-state index is -0.561. The van der Waals surface area contributed by atoms with Crippen LogP contribution >= 0.6 is 11.3 Å². The first-order valence-corrected chi connectivity index (χ1v) is 21.2. The van der Waals surface area contributed by atoms with Crippen LogP contribution in [0, 0.1) is 6.92 Å². The topological polar surface area (TPSA) is 140 Å². The monoisotopic (exact) mass is 820 g/mol. The molecule has 0 bridgehead atoms. The molecule has 1 aliphatic carbocycles. The SMILES string of the molecule is COCOc1ccccc1-c1cc(N2CCN(Cc3ccc(OCCCN(c4cc(-c5scnc5C)ccc4CNC(=O)OC(C)(C)C)C4CC4)cc3)CC2)c(N)nn1. The van der Waals surface area contributed by atoms with Crippen LogP contribution in [-0.2, 0) is 22.6 Å². The van der Waals surface area contributed by atoms with Gasteiger partial charge in [0.05, 0.1) is 34.1 Å². The highest BCUT2D eigenvalue weighted by atomic mass is 32.1. The van der Waals surface area contributed by atoms with Crippen molar-refractivity contribution in [3.63, 3.8) is 0 Å². The molecule has 0 atom stereocenters. The van der Waals surface area contributed by atoms with Gasteiger partial charge < -0.3 is 39.8 Å². The van der Waals surface area contributed by atoms with Crippen LogP contribution in [0.25, 0.3) is 21.7 Å². The van der Waals surface area contributed by atoms with E-state index in [1.165, 1.54) is 5.56 Å². The molecule has 1 amide bonds. The maximum Gasteiger partial charge on any atom is 0.407 e. The number of piperazine rings is 1. The van der Waals surface area contributed by atoms with Crippen LogP contribution in [0.3, 0.4) is 0 Å². The molecule has 5 aromatic rings. The molecule has 14 heteroatoms. The molecule has 3 N–H and O–H groups in total. The van der Waals surface area contributed by atoms with Gasteiger partial charge >= 0.3 is 6.09 Å². The predicted molar refractivity (Wildman–Crippen MR) is 234 cm³/mol. The van der Waals surface area contributed by atoms with Gasteiger partial charge in [-0.15, -0.1) is 21.5 Å². The normalized spacial score (nSPS) is 14.6. The molecule has 13 nitrogen and oxygen atoms in total. The fourth-order valence-electron chi connectivity index (χ4n) is 7.29. The summed E-state index contributed by atoms with van der Waals surface area (Å²) in [6, 6.07) is 25.2. The van der Waals surface area contributed by atoms with Crippen molar-refractivity contribution in [1.29, 1.82) is 0 Å². The molecule has 2 fully saturated rings. The fourth-order valence-corrected chi connectivity index (χ4v) is 8.09. The summed E-state index contributed by atoms with van der Waals surface area (Å²) in [4.78, 5) is 25.5. The predicted octanol–water partition coefficient (Wildman–Crippen LogP) is 7.93. The van der Waals surface area contributed by atoms with Crippen LogP contribution in [0.4, 0.5) is 22.0 Å². The van der Waals surface area contributed by atoms with Gasteiger partial charge in [-0.1, -0.05) is 36.4 Å². The van der Waals surface area contributed by atoms with Crippen molar-refractivity contribution in [2.75, 3.05) is 68.8 Å². The zero-order valence-corrected chi connectivity index (χ0v) is 35.6. The number of nitrogens with two attached hydrogens (primary N) is 1. The van der Waals surface area contributed by atoms with Crippen molar-refractivity contribution < 1.29 is 23.7 Å². The number of alkyl carbamates (subject to hydrolysis) is 1. The highest BCUT2D eigenvalue weighted by Gasteiger charge is 2.31. The summed E-state index contributed by atoms with van der Waals surface area (Å²) in [5, 5.41) is 11.7. The molecule has 0 spiro atoms. The Labute approximate surface area is 351 Å². The molecule has 3 heterocycles. The summed E-state index contributed by atoms with van der Waals surface area (Å²) >= 11 is 1.65. The van der Waals surface area contributed by atoms with Gasteiger partial charge in [0.2, 0.25) is 0 Å². The molecule has 1 aliphatic heterocycles. The molecule has 1 saturated heterocycles. The first-order chi connectivity index (χ1) is 28.5. The Morgan fingerprint density at radius 2 is 1.76 bits per heavy atom. The number of aryl methyl sites for hydroxylation is 1. The number of aromatic nitrogens is 3. The van der Waals surface area contributed by atoms with E-state index in [9.17, 15) is 4.79 Å². The number of methoxy groups -OCH3 is 1. The third-order valence-electron chi connectivity index (χ3n) is 10.4. The molecule has 7 rings (SSSR count). The number of hydrogen-bond acceptors (Lipinski definition) is 13. The second kappa shape index (κ2) is 19.1. The van der Waals surface area contributed by atoms with Gasteiger partial charge in [0.1, 0.15) is 17.1 Å². The summed E-state index contributed by atoms with van der Waals surface area (Å²) in [6.07, 6.45) is 2.74. The third-order valence-corrected chi connectivity index (χ3v) is 11.3. The summed E-state index contributed by atoms with van der Waals surface area (Å²) in [5.41, 5.74) is 15.7. The first kappa shape index (κ1) is 41.7. The van der Waals surface area contributed by atoms with Gasteiger partial charge in [0.25, 0.3) is 0 Å². The number of nitrogen functional groups attached to an aromatic ring is 1. The number of para-hydroxylation sites is 1. The van der Waals surface area contributed by atoms with Crippen molar-refractivity contribution in [1.82, 2.24) is 25.4 Å². The molecule has 312 valence electrons. The molecule has 2 aromatic heterocycles. The molecule has 1 saturated carbocycles. The van der Waals surface area contributed by atoms with E-state index in [0.29, 0.717) is 36.5 Å². The number of benzene rings is 3. The zero-order valence-electron chi connectivity index (χ0n) is 34.8. The summed E-state index contributed by atoms with van der Waals surface area (Å²) in [6.45, 7) is 13.9. The van der Waals surface area contributed by atoms with Gasteiger partial charge in [0, 0.05) is 70.2 Å². The van der Waals surface area contributed by atoms with Gasteiger partial charge in [-0.25, -0.2) is 9.78 Å². The number of thiazole rings is 1. The second-order valence-electron chi connectivity index (χ2n) is 16.0. The average molecular weight is 821 g/mol. The van der Waals surface area contributed by atoms with Crippen LogP contribution < -0.4 is 30.3 Å². The van der Waals surface area contributed by atoms with Crippen molar-refractivity contribution in [3.05, 3.63) is 95.1 Å². The number of ether oxygens (including phenoxy) is 4. The molecule has 0 radical (unpaired) electrons. The van der Waals surface area contributed by atoms with E-state index in [1.54, 1.807) is 18.4 Å². The van der Waals surface area contributed by atoms with Gasteiger partial charge in [-0.3, -0.25) is 4.90 Å². The summed E-state index contributed by atoms with van der Waals surface area (Å²) in [5.74, 6) is 1.97. The van der Waals surface area contributed by atoms with E-state index in [4.69, 9.17) is 24.7 Å². The number of rotatable bonds is 17. The fraction of sp³-hybridized carbons (Fsp3) is 0.422. The average Bonchev–Trinajstić information content (AvgIpc) is 3.98. The minimum Gasteiger partial charge on any atom is -0.494 e. The van der Waals surface area contributed by atoms with Crippen LogP contribution in [0.2, 0.25) is 0 Å². The van der Waals surface area contributed by atoms with E-state index >= 15 is 0 Å². The highest BCUT2D eigenvalue weighted by molar-refractivity contribution is 7.13. The number of hydrogen-bond donors (Lipinski definition) is 2. The van der Waals surface area contributed by atoms with E-state index < -0.39 is 11.7 Å². The summed E-state index contributed by atoms with van der Waals surface area (Å²) in [7, 11) is 1.60.